The van der Waals surface area contributed by atoms with E-state index in [0.717, 1.165) is 18.4 Å². The van der Waals surface area contributed by atoms with Gasteiger partial charge in [0.25, 0.3) is 0 Å². The second kappa shape index (κ2) is 6.20. The van der Waals surface area contributed by atoms with Crippen LogP contribution in [0.4, 0.5) is 9.18 Å². The van der Waals surface area contributed by atoms with Crippen molar-refractivity contribution in [3.8, 4) is 0 Å². The summed E-state index contributed by atoms with van der Waals surface area (Å²) in [6.45, 7) is 2.36. The van der Waals surface area contributed by atoms with Crippen LogP contribution in [0.25, 0.3) is 0 Å². The average molecular weight is 315 g/mol. The van der Waals surface area contributed by atoms with Crippen molar-refractivity contribution in [2.24, 2.45) is 0 Å². The number of rotatable bonds is 5. The fourth-order valence-corrected chi connectivity index (χ4v) is 2.84. The molecule has 2 amide bonds. The maximum absolute atomic E-state index is 13.1. The largest absolute Gasteiger partial charge is 0.392 e. The van der Waals surface area contributed by atoms with E-state index in [-0.39, 0.29) is 23.8 Å². The van der Waals surface area contributed by atoms with E-state index in [1.54, 1.807) is 20.0 Å². The molecule has 1 atom stereocenters. The number of urea groups is 1. The number of hydrogen-bond acceptors (Lipinski definition) is 2. The van der Waals surface area contributed by atoms with Crippen LogP contribution in [0.15, 0.2) is 18.2 Å². The van der Waals surface area contributed by atoms with Gasteiger partial charge in [-0.3, -0.25) is 0 Å². The molecule has 0 bridgehead atoms. The molecule has 0 aliphatic heterocycles. The van der Waals surface area contributed by atoms with Gasteiger partial charge in [0, 0.05) is 30.6 Å². The Balaban J connectivity index is 1.98. The average Bonchev–Trinajstić information content (AvgIpc) is 3.16. The van der Waals surface area contributed by atoms with Gasteiger partial charge in [0.2, 0.25) is 0 Å². The lowest BCUT2D eigenvalue weighted by Gasteiger charge is -2.23. The number of likely N-dealkylation sites (N-methyl/N-ethyl adjacent to an activating group) is 1. The SMILES string of the molecule is CC(O)CN(C)C(=O)NCC1(c2ccc(F)cc2Cl)CC1. The number of aliphatic hydroxyl groups is 1. The van der Waals surface area contributed by atoms with Gasteiger partial charge in [0.15, 0.2) is 0 Å². The Hall–Kier alpha value is -1.33. The molecule has 0 spiro atoms. The maximum atomic E-state index is 13.1. The molecule has 21 heavy (non-hydrogen) atoms. The summed E-state index contributed by atoms with van der Waals surface area (Å²) in [4.78, 5) is 13.4. The molecule has 116 valence electrons. The zero-order valence-corrected chi connectivity index (χ0v) is 13.0. The molecule has 1 aliphatic carbocycles. The summed E-state index contributed by atoms with van der Waals surface area (Å²) in [6, 6.07) is 4.15. The van der Waals surface area contributed by atoms with E-state index >= 15 is 0 Å². The van der Waals surface area contributed by atoms with Crippen LogP contribution in [0.1, 0.15) is 25.3 Å². The third kappa shape index (κ3) is 3.86. The van der Waals surface area contributed by atoms with Gasteiger partial charge in [-0.15, -0.1) is 0 Å². The van der Waals surface area contributed by atoms with Crippen LogP contribution in [0.5, 0.6) is 0 Å². The van der Waals surface area contributed by atoms with Crippen LogP contribution in [-0.2, 0) is 5.41 Å². The minimum absolute atomic E-state index is 0.188. The van der Waals surface area contributed by atoms with Gasteiger partial charge >= 0.3 is 6.03 Å². The number of amides is 2. The van der Waals surface area contributed by atoms with E-state index in [9.17, 15) is 14.3 Å². The first-order valence-electron chi connectivity index (χ1n) is 6.97. The lowest BCUT2D eigenvalue weighted by Crippen LogP contribution is -2.43. The minimum Gasteiger partial charge on any atom is -0.392 e. The van der Waals surface area contributed by atoms with Gasteiger partial charge in [0.1, 0.15) is 5.82 Å². The molecule has 4 nitrogen and oxygen atoms in total. The van der Waals surface area contributed by atoms with Crippen molar-refractivity contribution < 1.29 is 14.3 Å². The fraction of sp³-hybridized carbons (Fsp3) is 0.533. The van der Waals surface area contributed by atoms with Crippen LogP contribution in [0.3, 0.4) is 0 Å². The monoisotopic (exact) mass is 314 g/mol. The molecule has 6 heteroatoms. The first kappa shape index (κ1) is 16.0. The van der Waals surface area contributed by atoms with Crippen LogP contribution in [0, 0.1) is 5.82 Å². The van der Waals surface area contributed by atoms with Gasteiger partial charge in [-0.05, 0) is 37.5 Å². The Morgan fingerprint density at radius 3 is 2.76 bits per heavy atom. The Labute approximate surface area is 128 Å². The van der Waals surface area contributed by atoms with E-state index in [2.05, 4.69) is 5.32 Å². The Bertz CT molecular complexity index is 532. The number of carbonyl (C=O) groups excluding carboxylic acids is 1. The zero-order valence-electron chi connectivity index (χ0n) is 12.2. The number of nitrogens with zero attached hydrogens (tertiary/aromatic N) is 1. The van der Waals surface area contributed by atoms with Gasteiger partial charge in [-0.25, -0.2) is 9.18 Å². The summed E-state index contributed by atoms with van der Waals surface area (Å²) in [5.74, 6) is -0.361. The molecule has 0 heterocycles. The first-order chi connectivity index (χ1) is 9.84. The second-order valence-electron chi connectivity index (χ2n) is 5.79. The van der Waals surface area contributed by atoms with Crippen molar-refractivity contribution in [2.75, 3.05) is 20.1 Å². The summed E-state index contributed by atoms with van der Waals surface area (Å²) >= 11 is 6.10. The number of carbonyl (C=O) groups is 1. The van der Waals surface area contributed by atoms with Crippen molar-refractivity contribution in [3.63, 3.8) is 0 Å². The summed E-state index contributed by atoms with van der Waals surface area (Å²) < 4.78 is 13.1. The predicted molar refractivity (Wildman–Crippen MR) is 80.0 cm³/mol. The topological polar surface area (TPSA) is 52.6 Å². The molecule has 1 saturated carbocycles. The highest BCUT2D eigenvalue weighted by atomic mass is 35.5. The highest BCUT2D eigenvalue weighted by Crippen LogP contribution is 2.50. The molecule has 1 fully saturated rings. The van der Waals surface area contributed by atoms with Crippen molar-refractivity contribution in [3.05, 3.63) is 34.6 Å². The Morgan fingerprint density at radius 1 is 1.57 bits per heavy atom. The van der Waals surface area contributed by atoms with Gasteiger partial charge in [-0.2, -0.15) is 0 Å². The van der Waals surface area contributed by atoms with Crippen LogP contribution < -0.4 is 5.32 Å². The minimum atomic E-state index is -0.567. The summed E-state index contributed by atoms with van der Waals surface area (Å²) in [6.07, 6.45) is 1.26. The number of benzene rings is 1. The number of halogens is 2. The predicted octanol–water partition coefficient (Wildman–Crippen LogP) is 2.53. The third-order valence-electron chi connectivity index (χ3n) is 3.82. The van der Waals surface area contributed by atoms with Crippen LogP contribution in [0.2, 0.25) is 5.02 Å². The van der Waals surface area contributed by atoms with Gasteiger partial charge in [-0.1, -0.05) is 17.7 Å². The Morgan fingerprint density at radius 2 is 2.24 bits per heavy atom. The second-order valence-corrected chi connectivity index (χ2v) is 6.20. The number of nitrogens with one attached hydrogen (secondary N) is 1. The third-order valence-corrected chi connectivity index (χ3v) is 4.13. The van der Waals surface area contributed by atoms with Crippen LogP contribution in [-0.4, -0.2) is 42.3 Å². The molecule has 1 unspecified atom stereocenters. The molecule has 1 aliphatic rings. The van der Waals surface area contributed by atoms with Gasteiger partial charge < -0.3 is 15.3 Å². The fourth-order valence-electron chi connectivity index (χ4n) is 2.47. The van der Waals surface area contributed by atoms with Crippen molar-refractivity contribution in [1.29, 1.82) is 0 Å². The zero-order chi connectivity index (χ0) is 15.6. The summed E-state index contributed by atoms with van der Waals surface area (Å²) in [5, 5.41) is 12.5. The Kier molecular flexibility index (Phi) is 4.74. The van der Waals surface area contributed by atoms with E-state index in [1.807, 2.05) is 0 Å². The smallest absolute Gasteiger partial charge is 0.317 e. The molecule has 2 N–H and O–H groups in total. The summed E-state index contributed by atoms with van der Waals surface area (Å²) in [5.41, 5.74) is 0.690. The van der Waals surface area contributed by atoms with Crippen molar-refractivity contribution in [2.45, 2.75) is 31.3 Å². The van der Waals surface area contributed by atoms with E-state index < -0.39 is 6.10 Å². The first-order valence-corrected chi connectivity index (χ1v) is 7.34. The van der Waals surface area contributed by atoms with Crippen molar-refractivity contribution >= 4 is 17.6 Å². The molecule has 1 aromatic carbocycles. The molecular weight excluding hydrogens is 295 g/mol. The van der Waals surface area contributed by atoms with Crippen LogP contribution >= 0.6 is 11.6 Å². The van der Waals surface area contributed by atoms with Crippen molar-refractivity contribution in [1.82, 2.24) is 10.2 Å². The number of aliphatic hydroxyl groups excluding tert-OH is 1. The molecular formula is C15H20ClFN2O2. The van der Waals surface area contributed by atoms with E-state index in [0.29, 0.717) is 11.6 Å². The van der Waals surface area contributed by atoms with E-state index in [1.165, 1.54) is 17.0 Å². The summed E-state index contributed by atoms with van der Waals surface area (Å²) in [7, 11) is 1.63. The molecule has 0 saturated heterocycles. The maximum Gasteiger partial charge on any atom is 0.317 e. The molecule has 1 aromatic rings. The molecule has 0 aromatic heterocycles. The normalized spacial score (nSPS) is 17.2. The lowest BCUT2D eigenvalue weighted by molar-refractivity contribution is 0.143. The van der Waals surface area contributed by atoms with E-state index in [4.69, 9.17) is 11.6 Å². The quantitative estimate of drug-likeness (QED) is 0.877. The number of hydrogen-bond donors (Lipinski definition) is 2. The molecule has 0 radical (unpaired) electrons. The van der Waals surface area contributed by atoms with Gasteiger partial charge in [0.05, 0.1) is 6.10 Å². The highest BCUT2D eigenvalue weighted by molar-refractivity contribution is 6.31. The standard InChI is InChI=1S/C15H20ClFN2O2/c1-10(20)8-19(2)14(21)18-9-15(5-6-15)12-4-3-11(17)7-13(12)16/h3-4,7,10,20H,5-6,8-9H2,1-2H3,(H,18,21). The molecule has 2 rings (SSSR count). The highest BCUT2D eigenvalue weighted by Gasteiger charge is 2.45. The lowest BCUT2D eigenvalue weighted by atomic mass is 9.96.